The third-order valence-corrected chi connectivity index (χ3v) is 5.19. The standard InChI is InChI=1S/C32H26O4/c1-33-23-35-31-27(21-19-25-11-5-3-6-12-25)15-9-17-29(31)30-18-10-16-28(32(30)36-24-34-2)22-20-26-13-7-4-8-14-26/h3-18H,23-24H2,1-2H3. The molecule has 0 N–H and O–H groups in total. The van der Waals surface area contributed by atoms with E-state index in [2.05, 4.69) is 23.7 Å². The van der Waals surface area contributed by atoms with E-state index in [9.17, 15) is 0 Å². The highest BCUT2D eigenvalue weighted by Crippen LogP contribution is 2.40. The zero-order chi connectivity index (χ0) is 25.0. The molecule has 0 saturated carbocycles. The Hall–Kier alpha value is -4.48. The van der Waals surface area contributed by atoms with Crippen LogP contribution in [-0.2, 0) is 9.47 Å². The molecule has 0 aliphatic rings. The largest absolute Gasteiger partial charge is 0.466 e. The minimum atomic E-state index is 0.0821. The van der Waals surface area contributed by atoms with Crippen LogP contribution in [0.25, 0.3) is 11.1 Å². The van der Waals surface area contributed by atoms with Gasteiger partial charge in [-0.05, 0) is 36.4 Å². The van der Waals surface area contributed by atoms with Gasteiger partial charge in [-0.25, -0.2) is 0 Å². The summed E-state index contributed by atoms with van der Waals surface area (Å²) in [5, 5.41) is 0. The van der Waals surface area contributed by atoms with E-state index in [1.165, 1.54) is 0 Å². The first-order valence-electron chi connectivity index (χ1n) is 11.4. The van der Waals surface area contributed by atoms with Gasteiger partial charge in [0.15, 0.2) is 13.6 Å². The average Bonchev–Trinajstić information content (AvgIpc) is 2.94. The van der Waals surface area contributed by atoms with Crippen LogP contribution in [0.4, 0.5) is 0 Å². The molecule has 4 aromatic carbocycles. The van der Waals surface area contributed by atoms with E-state index < -0.39 is 0 Å². The van der Waals surface area contributed by atoms with E-state index in [0.717, 1.165) is 33.4 Å². The molecule has 0 aliphatic carbocycles. The number of benzene rings is 4. The zero-order valence-electron chi connectivity index (χ0n) is 20.3. The first-order valence-corrected chi connectivity index (χ1v) is 11.4. The van der Waals surface area contributed by atoms with Crippen LogP contribution in [0, 0.1) is 23.7 Å². The third-order valence-electron chi connectivity index (χ3n) is 5.19. The van der Waals surface area contributed by atoms with Gasteiger partial charge in [-0.2, -0.15) is 0 Å². The number of hydrogen-bond acceptors (Lipinski definition) is 4. The summed E-state index contributed by atoms with van der Waals surface area (Å²) in [6.07, 6.45) is 0. The summed E-state index contributed by atoms with van der Waals surface area (Å²) in [7, 11) is 3.18. The smallest absolute Gasteiger partial charge is 0.188 e. The Labute approximate surface area is 212 Å². The quantitative estimate of drug-likeness (QED) is 0.239. The van der Waals surface area contributed by atoms with Crippen LogP contribution in [0.3, 0.4) is 0 Å². The minimum absolute atomic E-state index is 0.0821. The Morgan fingerprint density at radius 2 is 0.889 bits per heavy atom. The lowest BCUT2D eigenvalue weighted by molar-refractivity contribution is 0.0498. The highest BCUT2D eigenvalue weighted by molar-refractivity contribution is 5.81. The number of para-hydroxylation sites is 2. The van der Waals surface area contributed by atoms with Gasteiger partial charge in [0.2, 0.25) is 0 Å². The molecule has 178 valence electrons. The summed E-state index contributed by atoms with van der Waals surface area (Å²) in [5.74, 6) is 14.1. The molecule has 0 bridgehead atoms. The van der Waals surface area contributed by atoms with Gasteiger partial charge in [0.05, 0.1) is 11.1 Å². The average molecular weight is 475 g/mol. The topological polar surface area (TPSA) is 36.9 Å². The summed E-state index contributed by atoms with van der Waals surface area (Å²) in [6.45, 7) is 0.164. The second kappa shape index (κ2) is 12.8. The molecule has 0 saturated heterocycles. The van der Waals surface area contributed by atoms with Gasteiger partial charge in [0.1, 0.15) is 11.5 Å². The van der Waals surface area contributed by atoms with Crippen LogP contribution in [0.15, 0.2) is 97.1 Å². The second-order valence-corrected chi connectivity index (χ2v) is 7.70. The van der Waals surface area contributed by atoms with Gasteiger partial charge in [0.25, 0.3) is 0 Å². The summed E-state index contributed by atoms with van der Waals surface area (Å²) < 4.78 is 22.5. The van der Waals surface area contributed by atoms with E-state index in [1.54, 1.807) is 14.2 Å². The van der Waals surface area contributed by atoms with Gasteiger partial charge >= 0.3 is 0 Å². The van der Waals surface area contributed by atoms with Gasteiger partial charge in [-0.3, -0.25) is 0 Å². The van der Waals surface area contributed by atoms with E-state index >= 15 is 0 Å². The predicted octanol–water partition coefficient (Wildman–Crippen LogP) is 6.12. The maximum Gasteiger partial charge on any atom is 0.188 e. The van der Waals surface area contributed by atoms with Crippen molar-refractivity contribution in [1.29, 1.82) is 0 Å². The predicted molar refractivity (Wildman–Crippen MR) is 142 cm³/mol. The molecule has 4 nitrogen and oxygen atoms in total. The highest BCUT2D eigenvalue weighted by Gasteiger charge is 2.17. The molecule has 0 aliphatic heterocycles. The molecule has 0 heterocycles. The molecule has 0 amide bonds. The van der Waals surface area contributed by atoms with Crippen LogP contribution in [0.1, 0.15) is 22.3 Å². The maximum absolute atomic E-state index is 6.04. The summed E-state index contributed by atoms with van der Waals surface area (Å²) in [5.41, 5.74) is 4.97. The van der Waals surface area contributed by atoms with E-state index in [-0.39, 0.29) is 13.6 Å². The SMILES string of the molecule is COCOc1c(C#Cc2ccccc2)cccc1-c1cccc(C#Cc2ccccc2)c1OCOC. The molecule has 0 unspecified atom stereocenters. The van der Waals surface area contributed by atoms with Gasteiger partial charge in [0, 0.05) is 36.5 Å². The molecule has 4 heteroatoms. The Kier molecular flexibility index (Phi) is 8.78. The Morgan fingerprint density at radius 3 is 1.28 bits per heavy atom. The number of hydrogen-bond donors (Lipinski definition) is 0. The molecule has 4 aromatic rings. The zero-order valence-corrected chi connectivity index (χ0v) is 20.3. The lowest BCUT2D eigenvalue weighted by Gasteiger charge is -2.17. The van der Waals surface area contributed by atoms with Gasteiger partial charge in [-0.15, -0.1) is 0 Å². The van der Waals surface area contributed by atoms with Crippen molar-refractivity contribution in [3.05, 3.63) is 119 Å². The van der Waals surface area contributed by atoms with Crippen LogP contribution in [0.5, 0.6) is 11.5 Å². The molecule has 36 heavy (non-hydrogen) atoms. The van der Waals surface area contributed by atoms with Crippen LogP contribution >= 0.6 is 0 Å². The first kappa shape index (κ1) is 24.6. The van der Waals surface area contributed by atoms with Crippen molar-refractivity contribution in [2.75, 3.05) is 27.8 Å². The van der Waals surface area contributed by atoms with E-state index in [0.29, 0.717) is 11.5 Å². The summed E-state index contributed by atoms with van der Waals surface area (Å²) in [6, 6.07) is 31.4. The van der Waals surface area contributed by atoms with E-state index in [1.807, 2.05) is 97.1 Å². The van der Waals surface area contributed by atoms with Gasteiger partial charge in [-0.1, -0.05) is 84.3 Å². The molecule has 0 aromatic heterocycles. The number of ether oxygens (including phenoxy) is 4. The fourth-order valence-electron chi connectivity index (χ4n) is 3.56. The normalized spacial score (nSPS) is 9.94. The Morgan fingerprint density at radius 1 is 0.472 bits per heavy atom. The second-order valence-electron chi connectivity index (χ2n) is 7.70. The Balaban J connectivity index is 1.83. The highest BCUT2D eigenvalue weighted by atomic mass is 16.7. The van der Waals surface area contributed by atoms with Crippen molar-refractivity contribution in [3.63, 3.8) is 0 Å². The molecule has 0 fully saturated rings. The van der Waals surface area contributed by atoms with Crippen molar-refractivity contribution in [3.8, 4) is 46.3 Å². The summed E-state index contributed by atoms with van der Waals surface area (Å²) in [4.78, 5) is 0. The molecule has 0 atom stereocenters. The fraction of sp³-hybridized carbons (Fsp3) is 0.125. The van der Waals surface area contributed by atoms with Crippen molar-refractivity contribution >= 4 is 0 Å². The monoisotopic (exact) mass is 474 g/mol. The third kappa shape index (κ3) is 6.34. The first-order chi connectivity index (χ1) is 17.8. The number of rotatable bonds is 7. The minimum Gasteiger partial charge on any atom is -0.466 e. The van der Waals surface area contributed by atoms with Crippen molar-refractivity contribution in [2.45, 2.75) is 0 Å². The van der Waals surface area contributed by atoms with Gasteiger partial charge < -0.3 is 18.9 Å². The van der Waals surface area contributed by atoms with Crippen LogP contribution < -0.4 is 9.47 Å². The fourth-order valence-corrected chi connectivity index (χ4v) is 3.56. The maximum atomic E-state index is 6.04. The van der Waals surface area contributed by atoms with Crippen molar-refractivity contribution in [2.24, 2.45) is 0 Å². The van der Waals surface area contributed by atoms with Crippen molar-refractivity contribution in [1.82, 2.24) is 0 Å². The molecule has 4 rings (SSSR count). The Bertz CT molecular complexity index is 1290. The van der Waals surface area contributed by atoms with Crippen LogP contribution in [0.2, 0.25) is 0 Å². The van der Waals surface area contributed by atoms with Crippen molar-refractivity contribution < 1.29 is 18.9 Å². The molecule has 0 radical (unpaired) electrons. The lowest BCUT2D eigenvalue weighted by Crippen LogP contribution is -2.05. The summed E-state index contributed by atoms with van der Waals surface area (Å²) >= 11 is 0. The number of methoxy groups -OCH3 is 2. The lowest BCUT2D eigenvalue weighted by atomic mass is 9.98. The molecular weight excluding hydrogens is 448 g/mol. The van der Waals surface area contributed by atoms with E-state index in [4.69, 9.17) is 18.9 Å². The van der Waals surface area contributed by atoms with Crippen LogP contribution in [-0.4, -0.2) is 27.8 Å². The molecular formula is C32H26O4. The molecule has 0 spiro atoms.